The molecular formula is C16H18N2O3. The van der Waals surface area contributed by atoms with E-state index >= 15 is 0 Å². The van der Waals surface area contributed by atoms with Gasteiger partial charge in [-0.3, -0.25) is 9.48 Å². The topological polar surface area (TPSA) is 53.4 Å². The summed E-state index contributed by atoms with van der Waals surface area (Å²) in [6.07, 6.45) is 1.58. The fourth-order valence-corrected chi connectivity index (χ4v) is 2.23. The lowest BCUT2D eigenvalue weighted by molar-refractivity contribution is -0.127. The van der Waals surface area contributed by atoms with Gasteiger partial charge in [-0.1, -0.05) is 12.1 Å². The molecule has 0 N–H and O–H groups in total. The molecule has 2 aromatic rings. The number of nitrogens with zero attached hydrogens (tertiary/aromatic N) is 2. The van der Waals surface area contributed by atoms with E-state index in [1.807, 2.05) is 55.1 Å². The van der Waals surface area contributed by atoms with Crippen LogP contribution in [0.3, 0.4) is 0 Å². The Kier molecular flexibility index (Phi) is 3.64. The molecule has 3 rings (SSSR count). The summed E-state index contributed by atoms with van der Waals surface area (Å²) in [5.41, 5.74) is 0.760. The van der Waals surface area contributed by atoms with Gasteiger partial charge in [-0.05, 0) is 32.0 Å². The maximum atomic E-state index is 12.3. The Morgan fingerprint density at radius 2 is 2.10 bits per heavy atom. The number of hydrogen-bond donors (Lipinski definition) is 0. The molecule has 1 aromatic carbocycles. The van der Waals surface area contributed by atoms with Gasteiger partial charge in [-0.15, -0.1) is 0 Å². The standard InChI is InChI=1S/C16H18N2O3/c1-11(2)18-8-7-12(17-18)9-13(19)16-10-20-14-5-3-4-6-15(14)21-16/h3-8,11,16H,9-10H2,1-2H3. The highest BCUT2D eigenvalue weighted by Crippen LogP contribution is 2.31. The van der Waals surface area contributed by atoms with Crippen LogP contribution in [0.5, 0.6) is 11.5 Å². The van der Waals surface area contributed by atoms with Gasteiger partial charge in [-0.2, -0.15) is 5.10 Å². The average Bonchev–Trinajstić information content (AvgIpc) is 2.95. The third kappa shape index (κ3) is 2.91. The Morgan fingerprint density at radius 1 is 1.33 bits per heavy atom. The predicted octanol–water partition coefficient (Wildman–Crippen LogP) is 2.42. The van der Waals surface area contributed by atoms with E-state index in [1.165, 1.54) is 0 Å². The molecule has 5 heteroatoms. The molecular weight excluding hydrogens is 268 g/mol. The number of carbonyl (C=O) groups is 1. The number of aromatic nitrogens is 2. The third-order valence-electron chi connectivity index (χ3n) is 3.42. The van der Waals surface area contributed by atoms with Crippen molar-refractivity contribution >= 4 is 5.78 Å². The van der Waals surface area contributed by atoms with E-state index in [9.17, 15) is 4.79 Å². The van der Waals surface area contributed by atoms with Crippen molar-refractivity contribution in [3.05, 3.63) is 42.2 Å². The van der Waals surface area contributed by atoms with Crippen LogP contribution in [0.2, 0.25) is 0 Å². The van der Waals surface area contributed by atoms with E-state index in [4.69, 9.17) is 9.47 Å². The average molecular weight is 286 g/mol. The summed E-state index contributed by atoms with van der Waals surface area (Å²) in [5, 5.41) is 4.39. The molecule has 1 atom stereocenters. The maximum absolute atomic E-state index is 12.3. The highest BCUT2D eigenvalue weighted by atomic mass is 16.6. The van der Waals surface area contributed by atoms with Gasteiger partial charge in [0, 0.05) is 12.2 Å². The van der Waals surface area contributed by atoms with Crippen LogP contribution >= 0.6 is 0 Å². The fourth-order valence-electron chi connectivity index (χ4n) is 2.23. The molecule has 0 saturated carbocycles. The Balaban J connectivity index is 1.66. The lowest BCUT2D eigenvalue weighted by Crippen LogP contribution is -2.37. The van der Waals surface area contributed by atoms with Crippen LogP contribution in [0.15, 0.2) is 36.5 Å². The number of rotatable bonds is 4. The minimum Gasteiger partial charge on any atom is -0.485 e. The molecule has 0 saturated heterocycles. The monoisotopic (exact) mass is 286 g/mol. The Bertz CT molecular complexity index is 648. The zero-order valence-corrected chi connectivity index (χ0v) is 12.2. The van der Waals surface area contributed by atoms with Gasteiger partial charge in [0.25, 0.3) is 0 Å². The second-order valence-electron chi connectivity index (χ2n) is 5.39. The van der Waals surface area contributed by atoms with E-state index in [0.29, 0.717) is 11.5 Å². The summed E-state index contributed by atoms with van der Waals surface area (Å²) in [7, 11) is 0. The van der Waals surface area contributed by atoms with Crippen LogP contribution in [0, 0.1) is 0 Å². The zero-order chi connectivity index (χ0) is 14.8. The fraction of sp³-hybridized carbons (Fsp3) is 0.375. The van der Waals surface area contributed by atoms with E-state index in [2.05, 4.69) is 5.10 Å². The van der Waals surface area contributed by atoms with E-state index in [1.54, 1.807) is 0 Å². The van der Waals surface area contributed by atoms with Crippen molar-refractivity contribution in [1.29, 1.82) is 0 Å². The van der Waals surface area contributed by atoms with Crippen LogP contribution in [0.1, 0.15) is 25.6 Å². The number of Topliss-reactive ketones (excluding diaryl/α,β-unsaturated/α-hetero) is 1. The first-order valence-electron chi connectivity index (χ1n) is 7.08. The van der Waals surface area contributed by atoms with Crippen LogP contribution in [0.4, 0.5) is 0 Å². The Hall–Kier alpha value is -2.30. The molecule has 0 aliphatic carbocycles. The number of carbonyl (C=O) groups excluding carboxylic acids is 1. The summed E-state index contributed by atoms with van der Waals surface area (Å²) in [5.74, 6) is 1.29. The Morgan fingerprint density at radius 3 is 2.81 bits per heavy atom. The van der Waals surface area contributed by atoms with Crippen molar-refractivity contribution in [3.8, 4) is 11.5 Å². The minimum absolute atomic E-state index is 0.0153. The van der Waals surface area contributed by atoms with Crippen LogP contribution in [-0.2, 0) is 11.2 Å². The van der Waals surface area contributed by atoms with Gasteiger partial charge in [0.15, 0.2) is 23.4 Å². The van der Waals surface area contributed by atoms with E-state index in [-0.39, 0.29) is 24.9 Å². The summed E-state index contributed by atoms with van der Waals surface area (Å²) in [6, 6.07) is 9.54. The van der Waals surface area contributed by atoms with Gasteiger partial charge in [0.2, 0.25) is 0 Å². The van der Waals surface area contributed by atoms with Crippen molar-refractivity contribution in [2.45, 2.75) is 32.4 Å². The molecule has 1 aliphatic rings. The van der Waals surface area contributed by atoms with Gasteiger partial charge < -0.3 is 9.47 Å². The summed E-state index contributed by atoms with van der Waals surface area (Å²) < 4.78 is 13.1. The number of fused-ring (bicyclic) bond motifs is 1. The van der Waals surface area contributed by atoms with Crippen molar-refractivity contribution < 1.29 is 14.3 Å². The van der Waals surface area contributed by atoms with Crippen LogP contribution in [-0.4, -0.2) is 28.3 Å². The highest BCUT2D eigenvalue weighted by molar-refractivity contribution is 5.85. The van der Waals surface area contributed by atoms with Crippen molar-refractivity contribution in [2.24, 2.45) is 0 Å². The molecule has 0 bridgehead atoms. The molecule has 1 unspecified atom stereocenters. The first kappa shape index (κ1) is 13.7. The molecule has 1 aliphatic heterocycles. The number of ketones is 1. The van der Waals surface area contributed by atoms with Crippen molar-refractivity contribution in [2.75, 3.05) is 6.61 Å². The normalized spacial score (nSPS) is 17.0. The number of para-hydroxylation sites is 2. The van der Waals surface area contributed by atoms with Crippen molar-refractivity contribution in [3.63, 3.8) is 0 Å². The quantitative estimate of drug-likeness (QED) is 0.866. The van der Waals surface area contributed by atoms with E-state index in [0.717, 1.165) is 5.69 Å². The van der Waals surface area contributed by atoms with Gasteiger partial charge in [0.05, 0.1) is 12.1 Å². The van der Waals surface area contributed by atoms with Crippen molar-refractivity contribution in [1.82, 2.24) is 9.78 Å². The lowest BCUT2D eigenvalue weighted by Gasteiger charge is -2.25. The molecule has 0 radical (unpaired) electrons. The summed E-state index contributed by atoms with van der Waals surface area (Å²) in [4.78, 5) is 12.3. The van der Waals surface area contributed by atoms with Gasteiger partial charge in [-0.25, -0.2) is 0 Å². The summed E-state index contributed by atoms with van der Waals surface area (Å²) >= 11 is 0. The zero-order valence-electron chi connectivity index (χ0n) is 12.2. The van der Waals surface area contributed by atoms with Gasteiger partial charge in [0.1, 0.15) is 6.61 Å². The molecule has 2 heterocycles. The van der Waals surface area contributed by atoms with Crippen LogP contribution in [0.25, 0.3) is 0 Å². The number of benzene rings is 1. The molecule has 0 fully saturated rings. The molecule has 110 valence electrons. The second kappa shape index (κ2) is 5.60. The Labute approximate surface area is 123 Å². The number of ether oxygens (including phenoxy) is 2. The largest absolute Gasteiger partial charge is 0.485 e. The minimum atomic E-state index is -0.566. The lowest BCUT2D eigenvalue weighted by atomic mass is 10.1. The molecule has 0 amide bonds. The molecule has 0 spiro atoms. The third-order valence-corrected chi connectivity index (χ3v) is 3.42. The first-order valence-corrected chi connectivity index (χ1v) is 7.08. The number of hydrogen-bond acceptors (Lipinski definition) is 4. The predicted molar refractivity (Wildman–Crippen MR) is 77.7 cm³/mol. The first-order chi connectivity index (χ1) is 10.1. The molecule has 21 heavy (non-hydrogen) atoms. The highest BCUT2D eigenvalue weighted by Gasteiger charge is 2.27. The molecule has 1 aromatic heterocycles. The maximum Gasteiger partial charge on any atom is 0.191 e. The van der Waals surface area contributed by atoms with E-state index < -0.39 is 6.10 Å². The van der Waals surface area contributed by atoms with Crippen LogP contribution < -0.4 is 9.47 Å². The molecule has 5 nitrogen and oxygen atoms in total. The summed E-state index contributed by atoms with van der Waals surface area (Å²) in [6.45, 7) is 4.35. The van der Waals surface area contributed by atoms with Gasteiger partial charge >= 0.3 is 0 Å². The SMILES string of the molecule is CC(C)n1ccc(CC(=O)C2COc3ccccc3O2)n1. The smallest absolute Gasteiger partial charge is 0.191 e. The second-order valence-corrected chi connectivity index (χ2v) is 5.39.